The maximum absolute atomic E-state index is 13.8. The summed E-state index contributed by atoms with van der Waals surface area (Å²) in [4.78, 5) is 0. The molecular weight excluding hydrogens is 249 g/mol. The van der Waals surface area contributed by atoms with Crippen molar-refractivity contribution in [1.82, 2.24) is 0 Å². The van der Waals surface area contributed by atoms with Crippen LogP contribution in [0.2, 0.25) is 0 Å². The molecule has 0 aromatic heterocycles. The van der Waals surface area contributed by atoms with Crippen LogP contribution in [0.4, 0.5) is 10.1 Å². The molecule has 1 aromatic rings. The summed E-state index contributed by atoms with van der Waals surface area (Å²) in [7, 11) is 2.85. The first kappa shape index (κ1) is 13.9. The molecule has 17 heavy (non-hydrogen) atoms. The molecule has 0 aliphatic heterocycles. The van der Waals surface area contributed by atoms with Gasteiger partial charge in [-0.05, 0) is 0 Å². The number of hydrogen-bond acceptors (Lipinski definition) is 4. The molecule has 0 radical (unpaired) electrons. The number of halogens is 2. The number of anilines is 1. The van der Waals surface area contributed by atoms with E-state index in [9.17, 15) is 9.50 Å². The lowest BCUT2D eigenvalue weighted by atomic mass is 10.2. The lowest BCUT2D eigenvalue weighted by molar-refractivity contribution is 0.211. The fraction of sp³-hybridized carbons (Fsp3) is 0.455. The lowest BCUT2D eigenvalue weighted by Crippen LogP contribution is -2.21. The molecule has 1 rings (SSSR count). The second-order valence-corrected chi connectivity index (χ2v) is 3.69. The minimum atomic E-state index is -0.742. The minimum absolute atomic E-state index is 0.0761. The van der Waals surface area contributed by atoms with Crippen LogP contribution in [0.15, 0.2) is 12.1 Å². The molecule has 0 bridgehead atoms. The van der Waals surface area contributed by atoms with E-state index in [2.05, 4.69) is 5.32 Å². The Morgan fingerprint density at radius 2 is 2.12 bits per heavy atom. The summed E-state index contributed by atoms with van der Waals surface area (Å²) in [6, 6.07) is 2.93. The normalized spacial score (nSPS) is 12.1. The number of aliphatic hydroxyl groups excluding tert-OH is 1. The Kier molecular flexibility index (Phi) is 5.31. The molecular formula is C11H15ClFNO3. The van der Waals surface area contributed by atoms with Crippen molar-refractivity contribution in [3.63, 3.8) is 0 Å². The fourth-order valence-corrected chi connectivity index (χ4v) is 1.36. The molecule has 0 aliphatic rings. The molecule has 0 spiro atoms. The number of rotatable bonds is 6. The molecule has 6 heteroatoms. The summed E-state index contributed by atoms with van der Waals surface area (Å²) in [5.41, 5.74) is 0.199. The minimum Gasteiger partial charge on any atom is -0.497 e. The first-order chi connectivity index (χ1) is 8.12. The van der Waals surface area contributed by atoms with E-state index >= 15 is 0 Å². The van der Waals surface area contributed by atoms with Crippen LogP contribution in [0, 0.1) is 5.82 Å². The summed E-state index contributed by atoms with van der Waals surface area (Å²) in [6.45, 7) is 0.150. The average molecular weight is 264 g/mol. The SMILES string of the molecule is COc1cc(NCC(O)CCl)c(F)c(OC)c1. The van der Waals surface area contributed by atoms with E-state index in [-0.39, 0.29) is 23.9 Å². The van der Waals surface area contributed by atoms with Crippen LogP contribution in [-0.2, 0) is 0 Å². The van der Waals surface area contributed by atoms with E-state index in [1.165, 1.54) is 26.4 Å². The van der Waals surface area contributed by atoms with Gasteiger partial charge >= 0.3 is 0 Å². The van der Waals surface area contributed by atoms with Crippen LogP contribution >= 0.6 is 11.6 Å². The summed E-state index contributed by atoms with van der Waals surface area (Å²) in [5.74, 6) is 0.0869. The molecule has 0 amide bonds. The van der Waals surface area contributed by atoms with E-state index in [0.29, 0.717) is 5.75 Å². The first-order valence-electron chi connectivity index (χ1n) is 5.01. The fourth-order valence-electron chi connectivity index (χ4n) is 1.25. The molecule has 1 aromatic carbocycles. The van der Waals surface area contributed by atoms with Crippen LogP contribution in [0.25, 0.3) is 0 Å². The average Bonchev–Trinajstić information content (AvgIpc) is 2.37. The molecule has 0 aliphatic carbocycles. The Hall–Kier alpha value is -1.20. The predicted octanol–water partition coefficient (Wildman–Crippen LogP) is 1.85. The summed E-state index contributed by atoms with van der Waals surface area (Å²) in [5, 5.41) is 12.0. The van der Waals surface area contributed by atoms with Crippen LogP contribution in [0.3, 0.4) is 0 Å². The third kappa shape index (κ3) is 3.64. The van der Waals surface area contributed by atoms with Gasteiger partial charge in [-0.2, -0.15) is 0 Å². The highest BCUT2D eigenvalue weighted by atomic mass is 35.5. The Morgan fingerprint density at radius 1 is 1.41 bits per heavy atom. The van der Waals surface area contributed by atoms with Crippen molar-refractivity contribution in [2.45, 2.75) is 6.10 Å². The molecule has 1 unspecified atom stereocenters. The van der Waals surface area contributed by atoms with E-state index in [1.54, 1.807) is 0 Å². The number of methoxy groups -OCH3 is 2. The summed E-state index contributed by atoms with van der Waals surface area (Å²) in [6.07, 6.45) is -0.742. The van der Waals surface area contributed by atoms with E-state index in [4.69, 9.17) is 21.1 Å². The Bertz CT molecular complexity index is 376. The van der Waals surface area contributed by atoms with Crippen molar-refractivity contribution >= 4 is 17.3 Å². The third-order valence-electron chi connectivity index (χ3n) is 2.17. The lowest BCUT2D eigenvalue weighted by Gasteiger charge is -2.14. The highest BCUT2D eigenvalue weighted by molar-refractivity contribution is 6.18. The zero-order valence-electron chi connectivity index (χ0n) is 9.67. The molecule has 0 fully saturated rings. The molecule has 0 saturated heterocycles. The van der Waals surface area contributed by atoms with Crippen molar-refractivity contribution < 1.29 is 19.0 Å². The monoisotopic (exact) mass is 263 g/mol. The van der Waals surface area contributed by atoms with Gasteiger partial charge < -0.3 is 19.9 Å². The predicted molar refractivity (Wildman–Crippen MR) is 64.7 cm³/mol. The molecule has 1 atom stereocenters. The smallest absolute Gasteiger partial charge is 0.188 e. The number of nitrogens with one attached hydrogen (secondary N) is 1. The zero-order valence-corrected chi connectivity index (χ0v) is 10.4. The van der Waals surface area contributed by atoms with Crippen LogP contribution in [0.1, 0.15) is 0 Å². The molecule has 4 nitrogen and oxygen atoms in total. The second kappa shape index (κ2) is 6.51. The molecule has 96 valence electrons. The van der Waals surface area contributed by atoms with Gasteiger partial charge in [0.25, 0.3) is 0 Å². The van der Waals surface area contributed by atoms with Gasteiger partial charge in [0.1, 0.15) is 5.75 Å². The Labute approximate surface area is 104 Å². The second-order valence-electron chi connectivity index (χ2n) is 3.38. The van der Waals surface area contributed by atoms with Gasteiger partial charge in [-0.1, -0.05) is 0 Å². The number of alkyl halides is 1. The first-order valence-corrected chi connectivity index (χ1v) is 5.55. The van der Waals surface area contributed by atoms with Crippen LogP contribution < -0.4 is 14.8 Å². The molecule has 0 saturated carbocycles. The zero-order chi connectivity index (χ0) is 12.8. The van der Waals surface area contributed by atoms with E-state index < -0.39 is 11.9 Å². The van der Waals surface area contributed by atoms with Crippen LogP contribution in [-0.4, -0.2) is 37.9 Å². The summed E-state index contributed by atoms with van der Waals surface area (Å²) < 4.78 is 23.7. The highest BCUT2D eigenvalue weighted by Crippen LogP contribution is 2.30. The van der Waals surface area contributed by atoms with Crippen molar-refractivity contribution in [3.8, 4) is 11.5 Å². The number of ether oxygens (including phenoxy) is 2. The van der Waals surface area contributed by atoms with Crippen molar-refractivity contribution in [3.05, 3.63) is 17.9 Å². The van der Waals surface area contributed by atoms with Gasteiger partial charge in [0.2, 0.25) is 0 Å². The van der Waals surface area contributed by atoms with Gasteiger partial charge in [-0.15, -0.1) is 11.6 Å². The third-order valence-corrected chi connectivity index (χ3v) is 2.53. The van der Waals surface area contributed by atoms with Crippen LogP contribution in [0.5, 0.6) is 11.5 Å². The number of aliphatic hydroxyl groups is 1. The van der Waals surface area contributed by atoms with Gasteiger partial charge in [-0.25, -0.2) is 4.39 Å². The van der Waals surface area contributed by atoms with Crippen molar-refractivity contribution in [2.75, 3.05) is 32.0 Å². The topological polar surface area (TPSA) is 50.7 Å². The summed E-state index contributed by atoms with van der Waals surface area (Å²) >= 11 is 5.44. The molecule has 2 N–H and O–H groups in total. The van der Waals surface area contributed by atoms with Gasteiger partial charge in [-0.3, -0.25) is 0 Å². The number of hydrogen-bond donors (Lipinski definition) is 2. The number of benzene rings is 1. The Balaban J connectivity index is 2.89. The molecule has 0 heterocycles. The quantitative estimate of drug-likeness (QED) is 0.769. The largest absolute Gasteiger partial charge is 0.497 e. The van der Waals surface area contributed by atoms with E-state index in [1.807, 2.05) is 0 Å². The Morgan fingerprint density at radius 3 is 2.65 bits per heavy atom. The standard InChI is InChI=1S/C11H15ClFNO3/c1-16-8-3-9(14-6-7(15)5-12)11(13)10(4-8)17-2/h3-4,7,14-15H,5-6H2,1-2H3. The van der Waals surface area contributed by atoms with E-state index in [0.717, 1.165) is 0 Å². The van der Waals surface area contributed by atoms with Gasteiger partial charge in [0.15, 0.2) is 11.6 Å². The highest BCUT2D eigenvalue weighted by Gasteiger charge is 2.12. The van der Waals surface area contributed by atoms with Crippen molar-refractivity contribution in [1.29, 1.82) is 0 Å². The maximum Gasteiger partial charge on any atom is 0.188 e. The van der Waals surface area contributed by atoms with Gasteiger partial charge in [0.05, 0.1) is 31.9 Å². The maximum atomic E-state index is 13.8. The van der Waals surface area contributed by atoms with Gasteiger partial charge in [0, 0.05) is 18.7 Å². The van der Waals surface area contributed by atoms with Crippen molar-refractivity contribution in [2.24, 2.45) is 0 Å².